The molecule has 0 saturated heterocycles. The van der Waals surface area contributed by atoms with E-state index in [1.165, 1.54) is 13.0 Å². The van der Waals surface area contributed by atoms with Crippen molar-refractivity contribution in [3.63, 3.8) is 0 Å². The molecule has 0 radical (unpaired) electrons. The summed E-state index contributed by atoms with van der Waals surface area (Å²) in [6, 6.07) is 2.18. The largest absolute Gasteiger partial charge is 0.416 e. The first kappa shape index (κ1) is 12.5. The molecule has 1 nitrogen and oxygen atoms in total. The third-order valence-electron chi connectivity index (χ3n) is 1.89. The van der Waals surface area contributed by atoms with Gasteiger partial charge in [-0.1, -0.05) is 15.9 Å². The topological polar surface area (TPSA) is 17.1 Å². The van der Waals surface area contributed by atoms with E-state index in [-0.39, 0.29) is 15.6 Å². The zero-order chi connectivity index (χ0) is 11.8. The van der Waals surface area contributed by atoms with Crippen molar-refractivity contribution in [1.82, 2.24) is 0 Å². The first-order valence-corrected chi connectivity index (χ1v) is 4.97. The van der Waals surface area contributed by atoms with Gasteiger partial charge in [-0.15, -0.1) is 0 Å². The van der Waals surface area contributed by atoms with E-state index in [9.17, 15) is 18.0 Å². The van der Waals surface area contributed by atoms with Gasteiger partial charge in [0.05, 0.1) is 5.56 Å². The first-order valence-electron chi connectivity index (χ1n) is 3.80. The Labute approximate surface area is 97.4 Å². The number of carbonyl (C=O) groups is 1. The van der Waals surface area contributed by atoms with Gasteiger partial charge in [0, 0.05) is 10.0 Å². The molecule has 0 aliphatic heterocycles. The third kappa shape index (κ3) is 2.72. The van der Waals surface area contributed by atoms with Crippen LogP contribution in [-0.2, 0) is 6.18 Å². The van der Waals surface area contributed by atoms with Crippen LogP contribution in [0.1, 0.15) is 21.5 Å². The van der Waals surface area contributed by atoms with Crippen molar-refractivity contribution in [3.8, 4) is 0 Å². The van der Waals surface area contributed by atoms with E-state index < -0.39 is 17.0 Å². The summed E-state index contributed by atoms with van der Waals surface area (Å²) < 4.78 is 37.7. The van der Waals surface area contributed by atoms with Gasteiger partial charge in [0.25, 0.3) is 5.24 Å². The highest BCUT2D eigenvalue weighted by atomic mass is 79.9. The van der Waals surface area contributed by atoms with Crippen molar-refractivity contribution in [2.45, 2.75) is 13.1 Å². The second-order valence-corrected chi connectivity index (χ2v) is 4.16. The number of hydrogen-bond acceptors (Lipinski definition) is 1. The van der Waals surface area contributed by atoms with E-state index in [0.717, 1.165) is 6.07 Å². The molecule has 0 N–H and O–H groups in total. The molecule has 0 amide bonds. The van der Waals surface area contributed by atoms with Gasteiger partial charge in [-0.2, -0.15) is 13.2 Å². The Kier molecular flexibility index (Phi) is 3.45. The molecule has 82 valence electrons. The zero-order valence-corrected chi connectivity index (χ0v) is 9.79. The monoisotopic (exact) mass is 300 g/mol. The normalized spacial score (nSPS) is 11.6. The van der Waals surface area contributed by atoms with Crippen LogP contribution in [0, 0.1) is 6.92 Å². The smallest absolute Gasteiger partial charge is 0.276 e. The molecule has 1 aromatic carbocycles. The van der Waals surface area contributed by atoms with Crippen LogP contribution < -0.4 is 0 Å². The summed E-state index contributed by atoms with van der Waals surface area (Å²) in [4.78, 5) is 10.9. The van der Waals surface area contributed by atoms with Gasteiger partial charge in [0.2, 0.25) is 0 Å². The Morgan fingerprint density at radius 1 is 1.40 bits per heavy atom. The average Bonchev–Trinajstić information content (AvgIpc) is 2.06. The van der Waals surface area contributed by atoms with Crippen LogP contribution in [0.3, 0.4) is 0 Å². The fourth-order valence-electron chi connectivity index (χ4n) is 1.18. The minimum absolute atomic E-state index is 0.140. The number of alkyl halides is 3. The van der Waals surface area contributed by atoms with E-state index >= 15 is 0 Å². The van der Waals surface area contributed by atoms with Crippen molar-refractivity contribution in [3.05, 3.63) is 33.3 Å². The van der Waals surface area contributed by atoms with E-state index in [1.54, 1.807) is 0 Å². The molecular weight excluding hydrogens is 296 g/mol. The predicted molar refractivity (Wildman–Crippen MR) is 54.1 cm³/mol. The maximum atomic E-state index is 12.5. The summed E-state index contributed by atoms with van der Waals surface area (Å²) in [7, 11) is 0. The lowest BCUT2D eigenvalue weighted by atomic mass is 10.0. The number of rotatable bonds is 1. The summed E-state index contributed by atoms with van der Waals surface area (Å²) in [5.74, 6) is 0. The fraction of sp³-hybridized carbons (Fsp3) is 0.222. The number of carbonyl (C=O) groups excluding carboxylic acids is 1. The molecule has 0 unspecified atom stereocenters. The van der Waals surface area contributed by atoms with Crippen molar-refractivity contribution in [2.24, 2.45) is 0 Å². The lowest BCUT2D eigenvalue weighted by Crippen LogP contribution is -2.10. The highest BCUT2D eigenvalue weighted by molar-refractivity contribution is 9.10. The Balaban J connectivity index is 3.49. The summed E-state index contributed by atoms with van der Waals surface area (Å²) in [6.45, 7) is 1.21. The third-order valence-corrected chi connectivity index (χ3v) is 2.55. The van der Waals surface area contributed by atoms with Gasteiger partial charge in [0.1, 0.15) is 0 Å². The van der Waals surface area contributed by atoms with Crippen LogP contribution in [-0.4, -0.2) is 5.24 Å². The quantitative estimate of drug-likeness (QED) is 0.712. The van der Waals surface area contributed by atoms with Gasteiger partial charge in [-0.05, 0) is 36.2 Å². The summed E-state index contributed by atoms with van der Waals surface area (Å²) in [5.41, 5.74) is -1.16. The summed E-state index contributed by atoms with van der Waals surface area (Å²) in [6.07, 6.45) is -4.49. The van der Waals surface area contributed by atoms with Gasteiger partial charge in [-0.25, -0.2) is 0 Å². The molecule has 0 aromatic heterocycles. The number of halogens is 5. The highest BCUT2D eigenvalue weighted by Crippen LogP contribution is 2.35. The second kappa shape index (κ2) is 4.14. The van der Waals surface area contributed by atoms with Gasteiger partial charge >= 0.3 is 6.18 Å². The Hall–Kier alpha value is -0.550. The fourth-order valence-corrected chi connectivity index (χ4v) is 1.83. The van der Waals surface area contributed by atoms with Crippen LogP contribution >= 0.6 is 27.5 Å². The van der Waals surface area contributed by atoms with Crippen molar-refractivity contribution >= 4 is 32.8 Å². The second-order valence-electron chi connectivity index (χ2n) is 2.90. The van der Waals surface area contributed by atoms with Crippen LogP contribution in [0.25, 0.3) is 0 Å². The lowest BCUT2D eigenvalue weighted by Gasteiger charge is -2.12. The molecule has 0 saturated carbocycles. The molecule has 6 heteroatoms. The molecule has 1 aromatic rings. The van der Waals surface area contributed by atoms with E-state index in [2.05, 4.69) is 15.9 Å². The van der Waals surface area contributed by atoms with Crippen molar-refractivity contribution in [1.29, 1.82) is 0 Å². The standard InChI is InChI=1S/C9H5BrClF3O/c1-4-6(8(11)15)2-5(10)3-7(4)9(12,13)14/h2-3H,1H3. The Bertz CT molecular complexity index is 415. The van der Waals surface area contributed by atoms with Gasteiger partial charge < -0.3 is 0 Å². The molecular formula is C9H5BrClF3O. The van der Waals surface area contributed by atoms with Crippen LogP contribution in [0.5, 0.6) is 0 Å². The summed E-state index contributed by atoms with van der Waals surface area (Å²) in [5, 5.41) is -0.903. The van der Waals surface area contributed by atoms with Crippen molar-refractivity contribution in [2.75, 3.05) is 0 Å². The molecule has 0 aliphatic rings. The molecule has 0 aliphatic carbocycles. The number of benzene rings is 1. The minimum Gasteiger partial charge on any atom is -0.276 e. The Morgan fingerprint density at radius 2 is 1.93 bits per heavy atom. The molecule has 0 atom stereocenters. The maximum Gasteiger partial charge on any atom is 0.416 e. The Morgan fingerprint density at radius 3 is 2.33 bits per heavy atom. The van der Waals surface area contributed by atoms with E-state index in [1.807, 2.05) is 0 Å². The van der Waals surface area contributed by atoms with Gasteiger partial charge in [0.15, 0.2) is 0 Å². The minimum atomic E-state index is -4.49. The molecule has 0 heterocycles. The average molecular weight is 301 g/mol. The molecule has 1 rings (SSSR count). The maximum absolute atomic E-state index is 12.5. The van der Waals surface area contributed by atoms with Crippen molar-refractivity contribution < 1.29 is 18.0 Å². The first-order chi connectivity index (χ1) is 6.73. The van der Waals surface area contributed by atoms with Gasteiger partial charge in [-0.3, -0.25) is 4.79 Å². The van der Waals surface area contributed by atoms with Crippen LogP contribution in [0.2, 0.25) is 0 Å². The SMILES string of the molecule is Cc1c(C(=O)Cl)cc(Br)cc1C(F)(F)F. The van der Waals surface area contributed by atoms with E-state index in [4.69, 9.17) is 11.6 Å². The molecule has 0 fully saturated rings. The molecule has 15 heavy (non-hydrogen) atoms. The molecule has 0 spiro atoms. The lowest BCUT2D eigenvalue weighted by molar-refractivity contribution is -0.138. The van der Waals surface area contributed by atoms with E-state index in [0.29, 0.717) is 0 Å². The predicted octanol–water partition coefficient (Wildman–Crippen LogP) is 4.16. The number of hydrogen-bond donors (Lipinski definition) is 0. The highest BCUT2D eigenvalue weighted by Gasteiger charge is 2.34. The van der Waals surface area contributed by atoms with Crippen LogP contribution in [0.15, 0.2) is 16.6 Å². The summed E-state index contributed by atoms with van der Waals surface area (Å²) >= 11 is 8.07. The molecule has 0 bridgehead atoms. The zero-order valence-electron chi connectivity index (χ0n) is 7.45. The van der Waals surface area contributed by atoms with Crippen LogP contribution in [0.4, 0.5) is 13.2 Å².